The number of nitrogens with zero attached hydrogens (tertiary/aromatic N) is 4. The Balaban J connectivity index is 1.22. The van der Waals surface area contributed by atoms with Gasteiger partial charge in [-0.2, -0.15) is 5.26 Å². The summed E-state index contributed by atoms with van der Waals surface area (Å²) in [7, 11) is 2.20. The van der Waals surface area contributed by atoms with Crippen LogP contribution >= 0.6 is 0 Å². The molecule has 1 amide bonds. The Morgan fingerprint density at radius 1 is 1.20 bits per heavy atom. The third-order valence-electron chi connectivity index (χ3n) is 11.0. The molecule has 8 heteroatoms. The number of fused-ring (bicyclic) bond motifs is 2. The maximum absolute atomic E-state index is 12.6. The molecule has 2 N–H and O–H groups in total. The zero-order valence-electron chi connectivity index (χ0n) is 24.9. The number of likely N-dealkylation sites (tertiary alicyclic amines) is 1. The number of nitriles is 1. The monoisotopic (exact) mass is 560 g/mol. The molecule has 1 aromatic carbocycles. The first kappa shape index (κ1) is 28.8. The molecular weight excluding hydrogens is 512 g/mol. The average molecular weight is 561 g/mol. The molecule has 0 bridgehead atoms. The highest BCUT2D eigenvalue weighted by Crippen LogP contribution is 2.52. The van der Waals surface area contributed by atoms with E-state index in [-0.39, 0.29) is 24.5 Å². The van der Waals surface area contributed by atoms with Crippen molar-refractivity contribution in [1.29, 1.82) is 5.26 Å². The number of carbonyl (C=O) groups is 1. The van der Waals surface area contributed by atoms with Crippen LogP contribution in [0.3, 0.4) is 0 Å². The molecule has 8 atom stereocenters. The van der Waals surface area contributed by atoms with E-state index in [1.165, 1.54) is 49.3 Å². The van der Waals surface area contributed by atoms with Gasteiger partial charge in [-0.15, -0.1) is 0 Å². The van der Waals surface area contributed by atoms with Crippen molar-refractivity contribution in [3.05, 3.63) is 48.0 Å². The van der Waals surface area contributed by atoms with Gasteiger partial charge >= 0.3 is 0 Å². The van der Waals surface area contributed by atoms with Crippen molar-refractivity contribution >= 4 is 5.91 Å². The van der Waals surface area contributed by atoms with Gasteiger partial charge in [-0.1, -0.05) is 37.8 Å². The summed E-state index contributed by atoms with van der Waals surface area (Å²) in [5.74, 6) is 0.960. The molecule has 2 aliphatic carbocycles. The van der Waals surface area contributed by atoms with Gasteiger partial charge in [0.25, 0.3) is 0 Å². The number of benzene rings is 1. The zero-order valence-corrected chi connectivity index (χ0v) is 24.9. The van der Waals surface area contributed by atoms with Gasteiger partial charge in [-0.05, 0) is 87.1 Å². The standard InChI is InChI=1S/C33H48N6O2/c1-4-30(40)39-17-16-38(21-25(39)12-14-34)31-28-11-13-33(18-23(2)27-10-6-5-8-24(27)19-33)20-29(28)35-32(36-31)41-22-26-9-7-15-37(26)3/h4-6,8,10,23,25-26,28-29,31-32,35-36H,1,7,9,11-13,15-22H2,2-3H3/t23?,25?,26?,28?,29?,31?,32?,33-/m1/s1. The first-order valence-corrected chi connectivity index (χ1v) is 15.9. The molecule has 7 unspecified atom stereocenters. The van der Waals surface area contributed by atoms with Crippen LogP contribution in [0, 0.1) is 22.7 Å². The van der Waals surface area contributed by atoms with E-state index in [4.69, 9.17) is 4.74 Å². The van der Waals surface area contributed by atoms with Crippen molar-refractivity contribution in [3.8, 4) is 6.07 Å². The number of amides is 1. The summed E-state index contributed by atoms with van der Waals surface area (Å²) < 4.78 is 6.59. The molecule has 41 heavy (non-hydrogen) atoms. The second-order valence-electron chi connectivity index (χ2n) is 13.5. The highest BCUT2D eigenvalue weighted by Gasteiger charge is 2.50. The number of hydrogen-bond donors (Lipinski definition) is 2. The number of rotatable bonds is 6. The molecule has 3 aliphatic heterocycles. The number of ether oxygens (including phenoxy) is 1. The molecular formula is C33H48N6O2. The molecule has 3 heterocycles. The van der Waals surface area contributed by atoms with Crippen molar-refractivity contribution in [2.45, 2.75) is 94.9 Å². The Hall–Kier alpha value is -2.28. The summed E-state index contributed by atoms with van der Waals surface area (Å²) in [6, 6.07) is 12.1. The molecule has 0 aromatic heterocycles. The fourth-order valence-corrected chi connectivity index (χ4v) is 8.92. The van der Waals surface area contributed by atoms with Gasteiger partial charge in [0.2, 0.25) is 5.91 Å². The van der Waals surface area contributed by atoms with Crippen LogP contribution in [0.25, 0.3) is 0 Å². The molecule has 3 saturated heterocycles. The Labute approximate surface area is 246 Å². The molecule has 8 nitrogen and oxygen atoms in total. The number of nitrogens with one attached hydrogen (secondary N) is 2. The number of carbonyl (C=O) groups excluding carboxylic acids is 1. The van der Waals surface area contributed by atoms with E-state index in [0.29, 0.717) is 48.8 Å². The minimum Gasteiger partial charge on any atom is -0.348 e. The van der Waals surface area contributed by atoms with Crippen LogP contribution in [-0.4, -0.2) is 91.1 Å². The molecule has 222 valence electrons. The predicted octanol–water partition coefficient (Wildman–Crippen LogP) is 3.42. The SMILES string of the molecule is C=CC(=O)N1CCN(C2NC(OCC3CCCN3C)NC3C[C@@]4(CCC32)Cc2ccccc2C(C)C4)CC1CC#N. The molecule has 4 fully saturated rings. The second-order valence-corrected chi connectivity index (χ2v) is 13.5. The lowest BCUT2D eigenvalue weighted by Gasteiger charge is -2.56. The maximum Gasteiger partial charge on any atom is 0.246 e. The van der Waals surface area contributed by atoms with E-state index < -0.39 is 0 Å². The van der Waals surface area contributed by atoms with Crippen LogP contribution in [-0.2, 0) is 16.0 Å². The smallest absolute Gasteiger partial charge is 0.246 e. The molecule has 1 aromatic rings. The molecule has 5 aliphatic rings. The van der Waals surface area contributed by atoms with Crippen molar-refractivity contribution < 1.29 is 9.53 Å². The topological polar surface area (TPSA) is 83.9 Å². The van der Waals surface area contributed by atoms with Crippen molar-refractivity contribution in [2.24, 2.45) is 11.3 Å². The Bertz CT molecular complexity index is 1150. The summed E-state index contributed by atoms with van der Waals surface area (Å²) in [4.78, 5) is 19.3. The molecule has 1 saturated carbocycles. The van der Waals surface area contributed by atoms with Gasteiger partial charge in [0.1, 0.15) is 0 Å². The van der Waals surface area contributed by atoms with Crippen LogP contribution < -0.4 is 10.6 Å². The maximum atomic E-state index is 12.6. The number of piperazine rings is 1. The van der Waals surface area contributed by atoms with Crippen LogP contribution in [0.4, 0.5) is 0 Å². The fourth-order valence-electron chi connectivity index (χ4n) is 8.92. The summed E-state index contributed by atoms with van der Waals surface area (Å²) in [5.41, 5.74) is 3.39. The van der Waals surface area contributed by atoms with E-state index in [9.17, 15) is 10.1 Å². The lowest BCUT2D eigenvalue weighted by atomic mass is 9.58. The predicted molar refractivity (Wildman–Crippen MR) is 160 cm³/mol. The summed E-state index contributed by atoms with van der Waals surface area (Å²) in [6.45, 7) is 10.1. The second kappa shape index (κ2) is 12.1. The largest absolute Gasteiger partial charge is 0.348 e. The minimum atomic E-state index is -0.207. The van der Waals surface area contributed by atoms with Gasteiger partial charge in [-0.3, -0.25) is 20.3 Å². The molecule has 0 radical (unpaired) electrons. The van der Waals surface area contributed by atoms with Crippen LogP contribution in [0.2, 0.25) is 0 Å². The van der Waals surface area contributed by atoms with Crippen molar-refractivity contribution in [3.63, 3.8) is 0 Å². The Morgan fingerprint density at radius 2 is 2.05 bits per heavy atom. The summed E-state index contributed by atoms with van der Waals surface area (Å²) in [5, 5.41) is 17.4. The number of likely N-dealkylation sites (N-methyl/N-ethyl adjacent to an activating group) is 1. The fraction of sp³-hybridized carbons (Fsp3) is 0.697. The Morgan fingerprint density at radius 3 is 2.83 bits per heavy atom. The van der Waals surface area contributed by atoms with Crippen molar-refractivity contribution in [1.82, 2.24) is 25.3 Å². The van der Waals surface area contributed by atoms with Gasteiger partial charge in [0, 0.05) is 37.6 Å². The molecule has 6 rings (SSSR count). The summed E-state index contributed by atoms with van der Waals surface area (Å²) in [6.07, 6.45) is 10.1. The summed E-state index contributed by atoms with van der Waals surface area (Å²) >= 11 is 0. The van der Waals surface area contributed by atoms with E-state index in [1.54, 1.807) is 0 Å². The van der Waals surface area contributed by atoms with Crippen LogP contribution in [0.5, 0.6) is 0 Å². The van der Waals surface area contributed by atoms with E-state index in [2.05, 4.69) is 71.3 Å². The van der Waals surface area contributed by atoms with Crippen molar-refractivity contribution in [2.75, 3.05) is 39.8 Å². The van der Waals surface area contributed by atoms with E-state index >= 15 is 0 Å². The first-order valence-electron chi connectivity index (χ1n) is 15.9. The lowest BCUT2D eigenvalue weighted by Crippen LogP contribution is -2.72. The van der Waals surface area contributed by atoms with Gasteiger partial charge in [0.05, 0.1) is 31.3 Å². The average Bonchev–Trinajstić information content (AvgIpc) is 3.39. The van der Waals surface area contributed by atoms with Gasteiger partial charge in [-0.25, -0.2) is 0 Å². The van der Waals surface area contributed by atoms with E-state index in [1.807, 2.05) is 4.90 Å². The quantitative estimate of drug-likeness (QED) is 0.516. The Kier molecular flexibility index (Phi) is 8.54. The minimum absolute atomic E-state index is 0.0748. The highest BCUT2D eigenvalue weighted by atomic mass is 16.5. The van der Waals surface area contributed by atoms with Gasteiger partial charge < -0.3 is 14.5 Å². The third kappa shape index (κ3) is 5.85. The van der Waals surface area contributed by atoms with Crippen LogP contribution in [0.1, 0.15) is 68.9 Å². The highest BCUT2D eigenvalue weighted by molar-refractivity contribution is 5.87. The third-order valence-corrected chi connectivity index (χ3v) is 11.0. The van der Waals surface area contributed by atoms with Crippen LogP contribution in [0.15, 0.2) is 36.9 Å². The normalized spacial score (nSPS) is 37.8. The van der Waals surface area contributed by atoms with E-state index in [0.717, 1.165) is 32.5 Å². The lowest BCUT2D eigenvalue weighted by molar-refractivity contribution is -0.137. The zero-order chi connectivity index (χ0) is 28.6. The molecule has 1 spiro atoms. The first-order chi connectivity index (χ1) is 19.9. The van der Waals surface area contributed by atoms with Gasteiger partial charge in [0.15, 0.2) is 6.35 Å². The number of hydrogen-bond acceptors (Lipinski definition) is 7.